The predicted molar refractivity (Wildman–Crippen MR) is 91.5 cm³/mol. The molecule has 0 aliphatic heterocycles. The largest absolute Gasteiger partial charge is 0.354 e. The average molecular weight is 347 g/mol. The molecule has 0 unspecified atom stereocenters. The molecular formula is C16H15ClN4OS. The van der Waals surface area contributed by atoms with Gasteiger partial charge in [0.25, 0.3) is 0 Å². The number of nitrogens with zero attached hydrogens (tertiary/aromatic N) is 3. The molecule has 2 heterocycles. The van der Waals surface area contributed by atoms with Gasteiger partial charge in [0, 0.05) is 17.0 Å². The lowest BCUT2D eigenvalue weighted by Crippen LogP contribution is -2.29. The van der Waals surface area contributed by atoms with Crippen molar-refractivity contribution in [1.82, 2.24) is 20.1 Å². The summed E-state index contributed by atoms with van der Waals surface area (Å²) in [6.07, 6.45) is 2.26. The minimum Gasteiger partial charge on any atom is -0.354 e. The summed E-state index contributed by atoms with van der Waals surface area (Å²) in [6, 6.07) is 11.4. The van der Waals surface area contributed by atoms with Crippen LogP contribution in [0.3, 0.4) is 0 Å². The minimum atomic E-state index is -0.0969. The predicted octanol–water partition coefficient (Wildman–Crippen LogP) is 3.02. The second-order valence-electron chi connectivity index (χ2n) is 4.90. The van der Waals surface area contributed by atoms with Crippen molar-refractivity contribution in [3.63, 3.8) is 0 Å². The van der Waals surface area contributed by atoms with Crippen LogP contribution < -0.4 is 5.32 Å². The summed E-state index contributed by atoms with van der Waals surface area (Å²) in [6.45, 7) is 0.723. The van der Waals surface area contributed by atoms with Crippen LogP contribution in [0.2, 0.25) is 5.02 Å². The molecule has 1 aromatic carbocycles. The first-order valence-corrected chi connectivity index (χ1v) is 8.41. The molecule has 0 atom stereocenters. The summed E-state index contributed by atoms with van der Waals surface area (Å²) in [5, 5.41) is 9.63. The maximum absolute atomic E-state index is 12.1. The van der Waals surface area contributed by atoms with E-state index in [4.69, 9.17) is 11.6 Å². The Kier molecular flexibility index (Phi) is 5.05. The Bertz CT molecular complexity index is 785. The van der Waals surface area contributed by atoms with Gasteiger partial charge in [-0.15, -0.1) is 11.3 Å². The van der Waals surface area contributed by atoms with Crippen molar-refractivity contribution < 1.29 is 4.79 Å². The second kappa shape index (κ2) is 7.39. The maximum atomic E-state index is 12.1. The summed E-state index contributed by atoms with van der Waals surface area (Å²) < 4.78 is 1.56. The molecule has 0 saturated carbocycles. The molecular weight excluding hydrogens is 332 g/mol. The van der Waals surface area contributed by atoms with Crippen molar-refractivity contribution in [2.75, 3.05) is 6.54 Å². The van der Waals surface area contributed by atoms with Crippen LogP contribution in [-0.2, 0) is 17.8 Å². The fourth-order valence-electron chi connectivity index (χ4n) is 2.20. The van der Waals surface area contributed by atoms with E-state index in [2.05, 4.69) is 21.5 Å². The zero-order valence-electron chi connectivity index (χ0n) is 12.3. The van der Waals surface area contributed by atoms with E-state index in [9.17, 15) is 4.79 Å². The van der Waals surface area contributed by atoms with Crippen molar-refractivity contribution in [3.8, 4) is 11.4 Å². The number of carbonyl (C=O) groups is 1. The van der Waals surface area contributed by atoms with Crippen molar-refractivity contribution in [3.05, 3.63) is 58.0 Å². The van der Waals surface area contributed by atoms with Crippen molar-refractivity contribution in [1.29, 1.82) is 0 Å². The van der Waals surface area contributed by atoms with E-state index in [-0.39, 0.29) is 12.5 Å². The van der Waals surface area contributed by atoms with Crippen LogP contribution in [-0.4, -0.2) is 27.2 Å². The van der Waals surface area contributed by atoms with Gasteiger partial charge in [-0.05, 0) is 30.0 Å². The van der Waals surface area contributed by atoms with E-state index >= 15 is 0 Å². The second-order valence-corrected chi connectivity index (χ2v) is 6.34. The van der Waals surface area contributed by atoms with Crippen LogP contribution in [0, 0.1) is 0 Å². The Morgan fingerprint density at radius 2 is 2.13 bits per heavy atom. The van der Waals surface area contributed by atoms with Gasteiger partial charge in [-0.2, -0.15) is 5.10 Å². The number of aromatic nitrogens is 3. The van der Waals surface area contributed by atoms with E-state index in [1.807, 2.05) is 29.6 Å². The zero-order valence-corrected chi connectivity index (χ0v) is 13.8. The molecule has 0 fully saturated rings. The number of benzene rings is 1. The van der Waals surface area contributed by atoms with E-state index in [0.717, 1.165) is 12.0 Å². The number of rotatable bonds is 6. The van der Waals surface area contributed by atoms with Gasteiger partial charge < -0.3 is 5.32 Å². The molecule has 0 spiro atoms. The Morgan fingerprint density at radius 1 is 1.26 bits per heavy atom. The highest BCUT2D eigenvalue weighted by molar-refractivity contribution is 7.09. The Labute approximate surface area is 142 Å². The molecule has 1 amide bonds. The maximum Gasteiger partial charge on any atom is 0.241 e. The van der Waals surface area contributed by atoms with Gasteiger partial charge in [-0.3, -0.25) is 4.79 Å². The summed E-state index contributed by atoms with van der Waals surface area (Å²) >= 11 is 7.87. The first kappa shape index (κ1) is 15.7. The van der Waals surface area contributed by atoms with Gasteiger partial charge >= 0.3 is 0 Å². The molecule has 0 aliphatic carbocycles. The minimum absolute atomic E-state index is 0.0969. The van der Waals surface area contributed by atoms with Gasteiger partial charge in [0.05, 0.1) is 5.02 Å². The topological polar surface area (TPSA) is 59.8 Å². The number of amides is 1. The number of hydrogen-bond acceptors (Lipinski definition) is 4. The molecule has 3 rings (SSSR count). The van der Waals surface area contributed by atoms with Gasteiger partial charge in [0.1, 0.15) is 12.9 Å². The zero-order chi connectivity index (χ0) is 16.1. The monoisotopic (exact) mass is 346 g/mol. The molecule has 0 radical (unpaired) electrons. The average Bonchev–Trinajstić information content (AvgIpc) is 3.20. The van der Waals surface area contributed by atoms with Crippen LogP contribution in [0.15, 0.2) is 48.1 Å². The summed E-state index contributed by atoms with van der Waals surface area (Å²) in [5.74, 6) is 0.490. The lowest BCUT2D eigenvalue weighted by Gasteiger charge is -2.08. The van der Waals surface area contributed by atoms with Crippen molar-refractivity contribution >= 4 is 28.8 Å². The number of nitrogens with one attached hydrogen (secondary N) is 1. The Morgan fingerprint density at radius 3 is 2.91 bits per heavy atom. The molecule has 118 valence electrons. The van der Waals surface area contributed by atoms with Crippen LogP contribution >= 0.6 is 22.9 Å². The van der Waals surface area contributed by atoms with E-state index in [1.165, 1.54) is 11.2 Å². The lowest BCUT2D eigenvalue weighted by molar-refractivity contribution is -0.121. The third-order valence-electron chi connectivity index (χ3n) is 3.30. The highest BCUT2D eigenvalue weighted by Gasteiger charge is 2.13. The molecule has 0 bridgehead atoms. The molecule has 7 heteroatoms. The first-order chi connectivity index (χ1) is 11.2. The van der Waals surface area contributed by atoms with Crippen molar-refractivity contribution in [2.24, 2.45) is 0 Å². The standard InChI is InChI=1S/C16H15ClN4OS/c17-14-6-2-1-5-13(14)16-19-11-20-21(16)10-15(22)18-8-7-12-4-3-9-23-12/h1-6,9,11H,7-8,10H2,(H,18,22). The molecule has 1 N–H and O–H groups in total. The number of carbonyl (C=O) groups excluding carboxylic acids is 1. The smallest absolute Gasteiger partial charge is 0.241 e. The molecule has 3 aromatic rings. The summed E-state index contributed by atoms with van der Waals surface area (Å²) in [5.41, 5.74) is 0.762. The number of thiophene rings is 1. The summed E-state index contributed by atoms with van der Waals surface area (Å²) in [7, 11) is 0. The van der Waals surface area contributed by atoms with E-state index in [1.54, 1.807) is 22.1 Å². The lowest BCUT2D eigenvalue weighted by atomic mass is 10.2. The summed E-state index contributed by atoms with van der Waals surface area (Å²) in [4.78, 5) is 17.5. The third kappa shape index (κ3) is 3.97. The Hall–Kier alpha value is -2.18. The van der Waals surface area contributed by atoms with Crippen LogP contribution in [0.5, 0.6) is 0 Å². The van der Waals surface area contributed by atoms with Crippen LogP contribution in [0.25, 0.3) is 11.4 Å². The van der Waals surface area contributed by atoms with Gasteiger partial charge in [0.15, 0.2) is 5.82 Å². The molecule has 0 aliphatic rings. The number of hydrogen-bond donors (Lipinski definition) is 1. The van der Waals surface area contributed by atoms with Crippen molar-refractivity contribution in [2.45, 2.75) is 13.0 Å². The van der Waals surface area contributed by atoms with Gasteiger partial charge in [-0.25, -0.2) is 9.67 Å². The van der Waals surface area contributed by atoms with Gasteiger partial charge in [-0.1, -0.05) is 29.8 Å². The van der Waals surface area contributed by atoms with Crippen LogP contribution in [0.4, 0.5) is 0 Å². The van der Waals surface area contributed by atoms with E-state index < -0.39 is 0 Å². The highest BCUT2D eigenvalue weighted by Crippen LogP contribution is 2.25. The van der Waals surface area contributed by atoms with E-state index in [0.29, 0.717) is 17.4 Å². The Balaban J connectivity index is 1.61. The molecule has 23 heavy (non-hydrogen) atoms. The number of halogens is 1. The van der Waals surface area contributed by atoms with Gasteiger partial charge in [0.2, 0.25) is 5.91 Å². The third-order valence-corrected chi connectivity index (χ3v) is 4.56. The van der Waals surface area contributed by atoms with Crippen LogP contribution in [0.1, 0.15) is 4.88 Å². The fourth-order valence-corrected chi connectivity index (χ4v) is 3.13. The molecule has 0 saturated heterocycles. The normalized spacial score (nSPS) is 10.7. The highest BCUT2D eigenvalue weighted by atomic mass is 35.5. The first-order valence-electron chi connectivity index (χ1n) is 7.16. The fraction of sp³-hybridized carbons (Fsp3) is 0.188. The molecule has 2 aromatic heterocycles. The quantitative estimate of drug-likeness (QED) is 0.746. The SMILES string of the molecule is O=C(Cn1ncnc1-c1ccccc1Cl)NCCc1cccs1. The molecule has 5 nitrogen and oxygen atoms in total.